The molecule has 5 nitrogen and oxygen atoms in total. The number of nitro benzene ring substituents is 1. The summed E-state index contributed by atoms with van der Waals surface area (Å²) in [4.78, 5) is 12.2. The average Bonchev–Trinajstić information content (AvgIpc) is 2.76. The van der Waals surface area contributed by atoms with Gasteiger partial charge in [0.25, 0.3) is 5.69 Å². The number of nitro groups is 1. The van der Waals surface area contributed by atoms with Crippen molar-refractivity contribution in [1.82, 2.24) is 4.57 Å². The van der Waals surface area contributed by atoms with Crippen LogP contribution in [0.2, 0.25) is 0 Å². The van der Waals surface area contributed by atoms with Crippen molar-refractivity contribution in [3.8, 4) is 0 Å². The Kier molecular flexibility index (Phi) is 3.40. The zero-order valence-corrected chi connectivity index (χ0v) is 11.8. The Morgan fingerprint density at radius 3 is 2.65 bits per heavy atom. The van der Waals surface area contributed by atoms with Gasteiger partial charge in [0.2, 0.25) is 0 Å². The van der Waals surface area contributed by atoms with E-state index < -0.39 is 0 Å². The van der Waals surface area contributed by atoms with E-state index in [1.54, 1.807) is 23.5 Å². The van der Waals surface area contributed by atoms with Crippen LogP contribution in [0.15, 0.2) is 24.3 Å². The highest BCUT2D eigenvalue weighted by Crippen LogP contribution is 2.24. The second kappa shape index (κ2) is 5.20. The molecule has 0 atom stereocenters. The molecule has 1 heterocycles. The number of hydrogen-bond acceptors (Lipinski definition) is 4. The minimum atomic E-state index is -0.390. The lowest BCUT2D eigenvalue weighted by atomic mass is 10.0. The summed E-state index contributed by atoms with van der Waals surface area (Å²) in [5.74, 6) is 0. The van der Waals surface area contributed by atoms with Crippen LogP contribution < -0.4 is 4.80 Å². The van der Waals surface area contributed by atoms with E-state index >= 15 is 0 Å². The Balaban J connectivity index is 1.89. The van der Waals surface area contributed by atoms with E-state index in [0.29, 0.717) is 11.3 Å². The Bertz CT molecular complexity index is 700. The molecule has 2 aromatic rings. The number of aryl methyl sites for hydroxylation is 1. The molecular weight excluding hydrogens is 274 g/mol. The van der Waals surface area contributed by atoms with Crippen LogP contribution >= 0.6 is 11.3 Å². The van der Waals surface area contributed by atoms with Crippen LogP contribution in [0.3, 0.4) is 0 Å². The number of nitrogens with one attached hydrogen (secondary N) is 1. The van der Waals surface area contributed by atoms with Gasteiger partial charge in [0, 0.05) is 22.7 Å². The molecule has 3 rings (SSSR count). The van der Waals surface area contributed by atoms with E-state index in [0.717, 1.165) is 18.4 Å². The smallest absolute Gasteiger partial charge is 0.269 e. The maximum atomic E-state index is 10.6. The maximum absolute atomic E-state index is 10.6. The van der Waals surface area contributed by atoms with E-state index in [-0.39, 0.29) is 10.6 Å². The normalized spacial score (nSPS) is 14.0. The summed E-state index contributed by atoms with van der Waals surface area (Å²) >= 11 is 1.57. The second-order valence-electron chi connectivity index (χ2n) is 4.99. The van der Waals surface area contributed by atoms with Gasteiger partial charge in [0.15, 0.2) is 4.80 Å². The summed E-state index contributed by atoms with van der Waals surface area (Å²) in [7, 11) is 0. The van der Waals surface area contributed by atoms with Crippen molar-refractivity contribution < 1.29 is 4.92 Å². The molecule has 1 aromatic carbocycles. The molecule has 20 heavy (non-hydrogen) atoms. The second-order valence-corrected chi connectivity index (χ2v) is 6.08. The van der Waals surface area contributed by atoms with Crippen molar-refractivity contribution >= 4 is 17.0 Å². The molecular formula is C14H15N3O2S. The van der Waals surface area contributed by atoms with Gasteiger partial charge in [-0.2, -0.15) is 0 Å². The number of rotatable bonds is 3. The fourth-order valence-corrected chi connectivity index (χ4v) is 3.72. The van der Waals surface area contributed by atoms with Gasteiger partial charge in [-0.1, -0.05) is 12.1 Å². The SMILES string of the molecule is N=c1sc2c(n1Cc1ccc([N+](=O)[O-])cc1)CCCC2. The number of thiazole rings is 1. The minimum absolute atomic E-state index is 0.109. The first kappa shape index (κ1) is 13.1. The van der Waals surface area contributed by atoms with E-state index in [9.17, 15) is 10.1 Å². The number of fused-ring (bicyclic) bond motifs is 1. The molecule has 0 bridgehead atoms. The quantitative estimate of drug-likeness (QED) is 0.697. The summed E-state index contributed by atoms with van der Waals surface area (Å²) in [6.45, 7) is 0.628. The van der Waals surface area contributed by atoms with Crippen LogP contribution in [0.4, 0.5) is 5.69 Å². The molecule has 1 aliphatic carbocycles. The third kappa shape index (κ3) is 2.38. The molecule has 0 unspecified atom stereocenters. The zero-order chi connectivity index (χ0) is 14.1. The van der Waals surface area contributed by atoms with E-state index in [2.05, 4.69) is 0 Å². The van der Waals surface area contributed by atoms with Crippen molar-refractivity contribution in [2.75, 3.05) is 0 Å². The van der Waals surface area contributed by atoms with Gasteiger partial charge in [0.1, 0.15) is 0 Å². The van der Waals surface area contributed by atoms with Gasteiger partial charge >= 0.3 is 0 Å². The number of hydrogen-bond donors (Lipinski definition) is 1. The van der Waals surface area contributed by atoms with Crippen LogP contribution in [0.5, 0.6) is 0 Å². The largest absolute Gasteiger partial charge is 0.317 e. The first-order valence-electron chi connectivity index (χ1n) is 6.64. The lowest BCUT2D eigenvalue weighted by molar-refractivity contribution is -0.384. The molecule has 104 valence electrons. The van der Waals surface area contributed by atoms with Crippen molar-refractivity contribution in [2.24, 2.45) is 0 Å². The summed E-state index contributed by atoms with van der Waals surface area (Å²) in [6, 6.07) is 6.60. The van der Waals surface area contributed by atoms with Crippen LogP contribution in [0.25, 0.3) is 0 Å². The Morgan fingerprint density at radius 1 is 1.25 bits per heavy atom. The lowest BCUT2D eigenvalue weighted by Gasteiger charge is -2.14. The third-order valence-corrected chi connectivity index (χ3v) is 4.77. The highest BCUT2D eigenvalue weighted by atomic mass is 32.1. The van der Waals surface area contributed by atoms with E-state index in [1.165, 1.54) is 35.5 Å². The van der Waals surface area contributed by atoms with Crippen LogP contribution in [0.1, 0.15) is 29.0 Å². The van der Waals surface area contributed by atoms with Gasteiger partial charge in [-0.15, -0.1) is 11.3 Å². The number of aromatic nitrogens is 1. The summed E-state index contributed by atoms with van der Waals surface area (Å²) in [6.07, 6.45) is 4.52. The summed E-state index contributed by atoms with van der Waals surface area (Å²) in [5, 5.41) is 18.7. The van der Waals surface area contributed by atoms with Crippen LogP contribution in [0, 0.1) is 15.5 Å². The molecule has 1 aromatic heterocycles. The fraction of sp³-hybridized carbons (Fsp3) is 0.357. The van der Waals surface area contributed by atoms with Crippen molar-refractivity contribution in [3.63, 3.8) is 0 Å². The Morgan fingerprint density at radius 2 is 1.95 bits per heavy atom. The molecule has 0 spiro atoms. The first-order valence-corrected chi connectivity index (χ1v) is 7.46. The fourth-order valence-electron chi connectivity index (χ4n) is 2.62. The zero-order valence-electron chi connectivity index (χ0n) is 11.0. The Labute approximate surface area is 120 Å². The molecule has 0 saturated heterocycles. The van der Waals surface area contributed by atoms with Crippen LogP contribution in [-0.2, 0) is 19.4 Å². The predicted molar refractivity (Wildman–Crippen MR) is 77.0 cm³/mol. The standard InChI is InChI=1S/C14H15N3O2S/c15-14-16(12-3-1-2-4-13(12)20-14)9-10-5-7-11(8-6-10)17(18)19/h5-8,15H,1-4,9H2. The Hall–Kier alpha value is -1.95. The molecule has 0 fully saturated rings. The minimum Gasteiger partial charge on any atom is -0.317 e. The molecule has 0 saturated carbocycles. The summed E-state index contributed by atoms with van der Waals surface area (Å²) < 4.78 is 2.04. The summed E-state index contributed by atoms with van der Waals surface area (Å²) in [5.41, 5.74) is 2.39. The van der Waals surface area contributed by atoms with E-state index in [4.69, 9.17) is 5.41 Å². The number of nitrogens with zero attached hydrogens (tertiary/aromatic N) is 2. The molecule has 0 amide bonds. The maximum Gasteiger partial charge on any atom is 0.269 e. The van der Waals surface area contributed by atoms with Gasteiger partial charge < -0.3 is 4.57 Å². The monoisotopic (exact) mass is 289 g/mol. The molecule has 0 radical (unpaired) electrons. The van der Waals surface area contributed by atoms with Crippen molar-refractivity contribution in [3.05, 3.63) is 55.3 Å². The van der Waals surface area contributed by atoms with Crippen molar-refractivity contribution in [2.45, 2.75) is 32.2 Å². The lowest BCUT2D eigenvalue weighted by Crippen LogP contribution is -2.18. The topological polar surface area (TPSA) is 71.9 Å². The first-order chi connectivity index (χ1) is 9.65. The molecule has 0 aliphatic heterocycles. The molecule has 6 heteroatoms. The van der Waals surface area contributed by atoms with Gasteiger partial charge in [-0.3, -0.25) is 15.5 Å². The predicted octanol–water partition coefficient (Wildman–Crippen LogP) is 2.86. The average molecular weight is 289 g/mol. The molecule has 1 N–H and O–H groups in total. The van der Waals surface area contributed by atoms with Gasteiger partial charge in [-0.05, 0) is 31.2 Å². The highest BCUT2D eigenvalue weighted by molar-refractivity contribution is 7.09. The molecule has 1 aliphatic rings. The van der Waals surface area contributed by atoms with Gasteiger partial charge in [-0.25, -0.2) is 0 Å². The van der Waals surface area contributed by atoms with E-state index in [1.807, 2.05) is 4.57 Å². The van der Waals surface area contributed by atoms with Gasteiger partial charge in [0.05, 0.1) is 11.5 Å². The number of benzene rings is 1. The van der Waals surface area contributed by atoms with Crippen LogP contribution in [-0.4, -0.2) is 9.49 Å². The van der Waals surface area contributed by atoms with Crippen molar-refractivity contribution in [1.29, 1.82) is 5.41 Å². The highest BCUT2D eigenvalue weighted by Gasteiger charge is 2.16. The third-order valence-electron chi connectivity index (χ3n) is 3.67. The number of non-ortho nitro benzene ring substituents is 1.